The predicted molar refractivity (Wildman–Crippen MR) is 95.7 cm³/mol. The molecule has 1 aliphatic rings. The van der Waals surface area contributed by atoms with Gasteiger partial charge in [0.2, 0.25) is 0 Å². The number of hydrogen-bond acceptors (Lipinski definition) is 3. The summed E-state index contributed by atoms with van der Waals surface area (Å²) in [5.74, 6) is -0.705. The Hall–Kier alpha value is -1.68. The highest BCUT2D eigenvalue weighted by Crippen LogP contribution is 2.27. The molecule has 0 amide bonds. The number of unbranched alkanes of at least 4 members (excludes halogenated alkanes) is 3. The fourth-order valence-electron chi connectivity index (χ4n) is 2.81. The van der Waals surface area contributed by atoms with Gasteiger partial charge in [-0.25, -0.2) is 0 Å². The highest BCUT2D eigenvalue weighted by atomic mass is 16.4. The lowest BCUT2D eigenvalue weighted by molar-refractivity contribution is -0.137. The van der Waals surface area contributed by atoms with Crippen molar-refractivity contribution in [2.24, 2.45) is 11.8 Å². The molecule has 4 nitrogen and oxygen atoms in total. The minimum Gasteiger partial charge on any atom is -0.481 e. The molecule has 1 aliphatic carbocycles. The largest absolute Gasteiger partial charge is 0.481 e. The van der Waals surface area contributed by atoms with Crippen LogP contribution in [-0.2, 0) is 9.59 Å². The normalized spacial score (nSPS) is 22.0. The van der Waals surface area contributed by atoms with E-state index in [0.717, 1.165) is 32.1 Å². The summed E-state index contributed by atoms with van der Waals surface area (Å²) >= 11 is 0. The van der Waals surface area contributed by atoms with E-state index in [1.54, 1.807) is 6.08 Å². The van der Waals surface area contributed by atoms with Gasteiger partial charge in [-0.2, -0.15) is 0 Å². The van der Waals surface area contributed by atoms with Crippen molar-refractivity contribution in [3.63, 3.8) is 0 Å². The van der Waals surface area contributed by atoms with Gasteiger partial charge in [-0.15, -0.1) is 0 Å². The molecule has 0 saturated carbocycles. The second-order valence-corrected chi connectivity index (χ2v) is 6.39. The summed E-state index contributed by atoms with van der Waals surface area (Å²) in [4.78, 5) is 22.4. The zero-order valence-corrected chi connectivity index (χ0v) is 14.6. The Morgan fingerprint density at radius 3 is 2.79 bits per heavy atom. The summed E-state index contributed by atoms with van der Waals surface area (Å²) < 4.78 is 0. The Labute approximate surface area is 145 Å². The van der Waals surface area contributed by atoms with Gasteiger partial charge in [0.05, 0.1) is 6.10 Å². The average Bonchev–Trinajstić information content (AvgIpc) is 2.89. The van der Waals surface area contributed by atoms with Crippen molar-refractivity contribution in [1.82, 2.24) is 0 Å². The van der Waals surface area contributed by atoms with Crippen molar-refractivity contribution < 1.29 is 19.8 Å². The number of allylic oxidation sites excluding steroid dienone is 5. The number of ketones is 1. The van der Waals surface area contributed by atoms with Crippen molar-refractivity contribution in [3.05, 3.63) is 36.5 Å². The van der Waals surface area contributed by atoms with E-state index < -0.39 is 12.1 Å². The quantitative estimate of drug-likeness (QED) is 0.417. The van der Waals surface area contributed by atoms with E-state index >= 15 is 0 Å². The molecule has 0 heterocycles. The first-order valence-corrected chi connectivity index (χ1v) is 8.99. The lowest BCUT2D eigenvalue weighted by atomic mass is 9.90. The Morgan fingerprint density at radius 1 is 1.29 bits per heavy atom. The highest BCUT2D eigenvalue weighted by molar-refractivity contribution is 5.95. The first kappa shape index (κ1) is 20.4. The smallest absolute Gasteiger partial charge is 0.303 e. The number of aliphatic hydroxyl groups is 1. The summed E-state index contributed by atoms with van der Waals surface area (Å²) in [6.45, 7) is 2.14. The van der Waals surface area contributed by atoms with Gasteiger partial charge in [0, 0.05) is 18.3 Å². The molecule has 3 atom stereocenters. The molecule has 0 unspecified atom stereocenters. The molecule has 24 heavy (non-hydrogen) atoms. The first-order chi connectivity index (χ1) is 11.5. The molecule has 0 aromatic heterocycles. The topological polar surface area (TPSA) is 74.6 Å². The molecule has 0 radical (unpaired) electrons. The van der Waals surface area contributed by atoms with Gasteiger partial charge in [-0.05, 0) is 31.8 Å². The Kier molecular flexibility index (Phi) is 10.0. The number of rotatable bonds is 12. The third-order valence-electron chi connectivity index (χ3n) is 4.29. The molecule has 1 rings (SSSR count). The molecule has 134 valence electrons. The molecule has 4 heteroatoms. The number of aliphatic carboxylic acids is 1. The van der Waals surface area contributed by atoms with Crippen molar-refractivity contribution in [2.75, 3.05) is 0 Å². The molecule has 0 saturated heterocycles. The lowest BCUT2D eigenvalue weighted by Gasteiger charge is -2.13. The van der Waals surface area contributed by atoms with Crippen LogP contribution >= 0.6 is 0 Å². The maximum atomic E-state index is 12.0. The standard InChI is InChI=1S/C20H30O4/c1-2-3-6-9-17(21)14-12-16-13-15-19(22)18(16)10-7-4-5-8-11-20(23)24/h4,7,12-18,21H,2-3,5-6,8-11H2,1H3,(H,23,24)/b7-4-,14-12+/t16-,17+,18-/m1/s1. The molecule has 0 fully saturated rings. The van der Waals surface area contributed by atoms with E-state index in [4.69, 9.17) is 5.11 Å². The summed E-state index contributed by atoms with van der Waals surface area (Å²) in [7, 11) is 0. The molecule has 0 spiro atoms. The summed E-state index contributed by atoms with van der Waals surface area (Å²) in [5, 5.41) is 18.5. The van der Waals surface area contributed by atoms with E-state index in [-0.39, 0.29) is 24.0 Å². The van der Waals surface area contributed by atoms with Crippen molar-refractivity contribution >= 4 is 11.8 Å². The fraction of sp³-hybridized carbons (Fsp3) is 0.600. The monoisotopic (exact) mass is 334 g/mol. The lowest BCUT2D eigenvalue weighted by Crippen LogP contribution is -2.14. The van der Waals surface area contributed by atoms with Crippen molar-refractivity contribution in [2.45, 2.75) is 64.4 Å². The van der Waals surface area contributed by atoms with E-state index in [2.05, 4.69) is 6.92 Å². The van der Waals surface area contributed by atoms with Crippen LogP contribution in [-0.4, -0.2) is 28.1 Å². The van der Waals surface area contributed by atoms with Crippen LogP contribution in [0, 0.1) is 11.8 Å². The van der Waals surface area contributed by atoms with Gasteiger partial charge in [0.1, 0.15) is 0 Å². The first-order valence-electron chi connectivity index (χ1n) is 8.99. The maximum Gasteiger partial charge on any atom is 0.303 e. The van der Waals surface area contributed by atoms with Crippen LogP contribution in [0.2, 0.25) is 0 Å². The van der Waals surface area contributed by atoms with Gasteiger partial charge in [-0.3, -0.25) is 9.59 Å². The highest BCUT2D eigenvalue weighted by Gasteiger charge is 2.27. The van der Waals surface area contributed by atoms with Crippen LogP contribution in [0.15, 0.2) is 36.5 Å². The van der Waals surface area contributed by atoms with Crippen LogP contribution < -0.4 is 0 Å². The van der Waals surface area contributed by atoms with Crippen LogP contribution in [0.4, 0.5) is 0 Å². The van der Waals surface area contributed by atoms with Gasteiger partial charge in [-0.1, -0.05) is 56.6 Å². The minimum atomic E-state index is -0.777. The molecule has 0 aromatic rings. The van der Waals surface area contributed by atoms with E-state index in [1.165, 1.54) is 0 Å². The van der Waals surface area contributed by atoms with E-state index in [1.807, 2.05) is 30.4 Å². The molecule has 0 aliphatic heterocycles. The zero-order chi connectivity index (χ0) is 17.8. The number of carboxylic acids is 1. The molecule has 0 aromatic carbocycles. The van der Waals surface area contributed by atoms with Crippen molar-refractivity contribution in [3.8, 4) is 0 Å². The Morgan fingerprint density at radius 2 is 2.08 bits per heavy atom. The summed E-state index contributed by atoms with van der Waals surface area (Å²) in [6.07, 6.45) is 17.0. The second-order valence-electron chi connectivity index (χ2n) is 6.39. The number of carboxylic acid groups (broad SMARTS) is 1. The van der Waals surface area contributed by atoms with Crippen LogP contribution in [0.5, 0.6) is 0 Å². The number of aliphatic hydroxyl groups excluding tert-OH is 1. The fourth-order valence-corrected chi connectivity index (χ4v) is 2.81. The van der Waals surface area contributed by atoms with Crippen molar-refractivity contribution in [1.29, 1.82) is 0 Å². The van der Waals surface area contributed by atoms with Crippen LogP contribution in [0.1, 0.15) is 58.3 Å². The van der Waals surface area contributed by atoms with Gasteiger partial charge >= 0.3 is 5.97 Å². The van der Waals surface area contributed by atoms with Gasteiger partial charge in [0.25, 0.3) is 0 Å². The summed E-state index contributed by atoms with van der Waals surface area (Å²) in [6, 6.07) is 0. The Bertz CT molecular complexity index is 476. The average molecular weight is 334 g/mol. The zero-order valence-electron chi connectivity index (χ0n) is 14.6. The van der Waals surface area contributed by atoms with Crippen LogP contribution in [0.25, 0.3) is 0 Å². The van der Waals surface area contributed by atoms with Crippen LogP contribution in [0.3, 0.4) is 0 Å². The third kappa shape index (κ3) is 8.25. The van der Waals surface area contributed by atoms with Gasteiger partial charge < -0.3 is 10.2 Å². The Balaban J connectivity index is 2.38. The third-order valence-corrected chi connectivity index (χ3v) is 4.29. The SMILES string of the molecule is CCCCC[C@H](O)/C=C/[C@@H]1C=CC(=O)[C@@H]1C/C=C\CCCC(=O)O. The minimum absolute atomic E-state index is 0.0435. The van der Waals surface area contributed by atoms with E-state index in [0.29, 0.717) is 12.8 Å². The maximum absolute atomic E-state index is 12.0. The predicted octanol–water partition coefficient (Wildman–Crippen LogP) is 4.06. The molecular weight excluding hydrogens is 304 g/mol. The number of carbonyl (C=O) groups is 2. The summed E-state index contributed by atoms with van der Waals surface area (Å²) in [5.41, 5.74) is 0. The number of carbonyl (C=O) groups excluding carboxylic acids is 1. The number of hydrogen-bond donors (Lipinski definition) is 2. The second kappa shape index (κ2) is 11.8. The van der Waals surface area contributed by atoms with E-state index in [9.17, 15) is 14.7 Å². The van der Waals surface area contributed by atoms with Gasteiger partial charge in [0.15, 0.2) is 5.78 Å². The molecule has 2 N–H and O–H groups in total. The molecular formula is C20H30O4. The molecule has 0 bridgehead atoms.